The average Bonchev–Trinajstić information content (AvgIpc) is 1.69. The first-order valence-electron chi connectivity index (χ1n) is 1.87. The molecule has 0 amide bonds. The van der Waals surface area contributed by atoms with Gasteiger partial charge in [0.05, 0.1) is 0 Å². The Kier molecular flexibility index (Phi) is 4.24. The van der Waals surface area contributed by atoms with E-state index in [2.05, 4.69) is 27.0 Å². The Morgan fingerprint density at radius 2 is 2.38 bits per heavy atom. The van der Waals surface area contributed by atoms with Crippen LogP contribution in [0.1, 0.15) is 0 Å². The second-order valence-corrected chi connectivity index (χ2v) is 1.94. The number of pyridine rings is 1. The van der Waals surface area contributed by atoms with Crippen molar-refractivity contribution < 1.29 is 18.6 Å². The molecule has 0 fully saturated rings. The molecule has 0 aliphatic heterocycles. The van der Waals surface area contributed by atoms with Crippen LogP contribution in [0, 0.1) is 6.07 Å². The summed E-state index contributed by atoms with van der Waals surface area (Å²) in [6, 6.07) is 4.64. The molecule has 0 aliphatic rings. The van der Waals surface area contributed by atoms with E-state index in [0.29, 0.717) is 0 Å². The van der Waals surface area contributed by atoms with Crippen LogP contribution in [-0.4, -0.2) is 4.98 Å². The van der Waals surface area contributed by atoms with E-state index in [4.69, 9.17) is 0 Å². The molecule has 0 bridgehead atoms. The molecule has 41 valence electrons. The summed E-state index contributed by atoms with van der Waals surface area (Å²) < 4.78 is 0.898. The molecule has 0 aliphatic carbocycles. The van der Waals surface area contributed by atoms with Crippen molar-refractivity contribution in [2.24, 2.45) is 0 Å². The summed E-state index contributed by atoms with van der Waals surface area (Å²) in [4.78, 5) is 3.81. The van der Waals surface area contributed by atoms with Crippen molar-refractivity contribution in [1.82, 2.24) is 4.98 Å². The maximum Gasteiger partial charge on any atom is 0 e. The van der Waals surface area contributed by atoms with Crippen LogP contribution in [0.2, 0.25) is 0 Å². The van der Waals surface area contributed by atoms with Gasteiger partial charge in [0.25, 0.3) is 0 Å². The minimum absolute atomic E-state index is 0. The van der Waals surface area contributed by atoms with Crippen molar-refractivity contribution in [3.8, 4) is 0 Å². The summed E-state index contributed by atoms with van der Waals surface area (Å²) in [6.45, 7) is 0. The summed E-state index contributed by atoms with van der Waals surface area (Å²) in [7, 11) is 0. The predicted octanol–water partition coefficient (Wildman–Crippen LogP) is 1.64. The molecule has 0 aromatic carbocycles. The van der Waals surface area contributed by atoms with E-state index in [1.807, 2.05) is 0 Å². The first-order chi connectivity index (χ1) is 3.39. The predicted molar refractivity (Wildman–Crippen MR) is 30.8 cm³/mol. The van der Waals surface area contributed by atoms with E-state index in [9.17, 15) is 0 Å². The molecule has 1 nitrogen and oxygen atoms in total. The average molecular weight is 208 g/mol. The molecule has 0 saturated carbocycles. The number of halogens is 1. The number of hydrogen-bond donors (Lipinski definition) is 0. The molecule has 8 heavy (non-hydrogen) atoms. The quantitative estimate of drug-likeness (QED) is 0.590. The van der Waals surface area contributed by atoms with E-state index >= 15 is 0 Å². The zero-order chi connectivity index (χ0) is 5.11. The summed E-state index contributed by atoms with van der Waals surface area (Å²) in [5.41, 5.74) is 0. The Morgan fingerprint density at radius 1 is 1.62 bits per heavy atom. The maximum atomic E-state index is 3.81. The molecule has 1 heterocycles. The van der Waals surface area contributed by atoms with Gasteiger partial charge in [0.1, 0.15) is 0 Å². The largest absolute Gasteiger partial charge is 0.390 e. The van der Waals surface area contributed by atoms with Crippen LogP contribution in [0.5, 0.6) is 0 Å². The minimum atomic E-state index is 0. The van der Waals surface area contributed by atoms with Crippen molar-refractivity contribution in [3.05, 3.63) is 29.0 Å². The number of hydrogen-bond acceptors (Lipinski definition) is 1. The van der Waals surface area contributed by atoms with Crippen molar-refractivity contribution >= 4 is 15.9 Å². The standard InChI is InChI=1S/C5H3BrN.V/c6-5-2-1-3-7-4-5;/h1,3-4H;/q-1;. The number of rotatable bonds is 0. The molecule has 0 unspecified atom stereocenters. The van der Waals surface area contributed by atoms with Crippen LogP contribution >= 0.6 is 15.9 Å². The molecular formula is C5H3BrNV-. The van der Waals surface area contributed by atoms with Crippen LogP contribution < -0.4 is 0 Å². The Hall–Kier alpha value is 0.214. The van der Waals surface area contributed by atoms with Crippen LogP contribution in [0.15, 0.2) is 22.9 Å². The Bertz CT molecular complexity index is 142. The van der Waals surface area contributed by atoms with Gasteiger partial charge in [0.15, 0.2) is 0 Å². The van der Waals surface area contributed by atoms with Crippen LogP contribution in [0.25, 0.3) is 0 Å². The van der Waals surface area contributed by atoms with Crippen molar-refractivity contribution in [2.45, 2.75) is 0 Å². The molecule has 1 rings (SSSR count). The van der Waals surface area contributed by atoms with E-state index in [1.165, 1.54) is 0 Å². The molecule has 3 heteroatoms. The Labute approximate surface area is 68.5 Å². The van der Waals surface area contributed by atoms with Crippen LogP contribution in [0.3, 0.4) is 0 Å². The monoisotopic (exact) mass is 207 g/mol. The van der Waals surface area contributed by atoms with Gasteiger partial charge in [-0.1, -0.05) is 32.8 Å². The molecule has 0 spiro atoms. The first-order valence-corrected chi connectivity index (χ1v) is 2.66. The number of aromatic nitrogens is 1. The molecule has 1 aromatic rings. The maximum absolute atomic E-state index is 3.81. The molecule has 0 atom stereocenters. The first kappa shape index (κ1) is 8.21. The Morgan fingerprint density at radius 3 is 2.62 bits per heavy atom. The van der Waals surface area contributed by atoms with E-state index in [-0.39, 0.29) is 18.6 Å². The van der Waals surface area contributed by atoms with Gasteiger partial charge in [-0.15, -0.1) is 0 Å². The molecule has 1 aromatic heterocycles. The molecular weight excluding hydrogens is 205 g/mol. The molecule has 1 radical (unpaired) electrons. The zero-order valence-electron chi connectivity index (χ0n) is 4.00. The summed E-state index contributed by atoms with van der Waals surface area (Å²) in [5.74, 6) is 0. The van der Waals surface area contributed by atoms with Crippen molar-refractivity contribution in [2.75, 3.05) is 0 Å². The van der Waals surface area contributed by atoms with Gasteiger partial charge in [-0.05, 0) is 0 Å². The fourth-order valence-corrected chi connectivity index (χ4v) is 0.556. The van der Waals surface area contributed by atoms with Crippen LogP contribution in [0.4, 0.5) is 0 Å². The third-order valence-electron chi connectivity index (χ3n) is 0.570. The third kappa shape index (κ3) is 2.50. The molecule has 0 N–H and O–H groups in total. The Balaban J connectivity index is 0.000000490. The second kappa shape index (κ2) is 4.13. The smallest absolute Gasteiger partial charge is 0 e. The van der Waals surface area contributed by atoms with E-state index < -0.39 is 0 Å². The van der Waals surface area contributed by atoms with Gasteiger partial charge in [-0.2, -0.15) is 12.1 Å². The van der Waals surface area contributed by atoms with Gasteiger partial charge in [0, 0.05) is 18.6 Å². The summed E-state index contributed by atoms with van der Waals surface area (Å²) in [5, 5.41) is 0. The van der Waals surface area contributed by atoms with Gasteiger partial charge in [0.2, 0.25) is 0 Å². The third-order valence-corrected chi connectivity index (χ3v) is 1.00. The summed E-state index contributed by atoms with van der Waals surface area (Å²) in [6.07, 6.45) is 3.38. The van der Waals surface area contributed by atoms with Crippen molar-refractivity contribution in [1.29, 1.82) is 0 Å². The topological polar surface area (TPSA) is 12.9 Å². The van der Waals surface area contributed by atoms with Crippen LogP contribution in [-0.2, 0) is 18.6 Å². The zero-order valence-corrected chi connectivity index (χ0v) is 6.99. The minimum Gasteiger partial charge on any atom is -0.390 e. The SMILES string of the molecule is Brc1[c-]ccnc1.[V]. The summed E-state index contributed by atoms with van der Waals surface area (Å²) >= 11 is 3.19. The fraction of sp³-hybridized carbons (Fsp3) is 0. The molecule has 0 saturated heterocycles. The van der Waals surface area contributed by atoms with Gasteiger partial charge in [-0.3, -0.25) is 0 Å². The van der Waals surface area contributed by atoms with Gasteiger partial charge < -0.3 is 4.98 Å². The normalized spacial score (nSPS) is 7.62. The number of nitrogens with zero attached hydrogens (tertiary/aromatic N) is 1. The van der Waals surface area contributed by atoms with Gasteiger partial charge in [-0.25, -0.2) is 0 Å². The van der Waals surface area contributed by atoms with Gasteiger partial charge >= 0.3 is 0 Å². The second-order valence-electron chi connectivity index (χ2n) is 1.09. The van der Waals surface area contributed by atoms with E-state index in [1.54, 1.807) is 18.5 Å². The van der Waals surface area contributed by atoms with E-state index in [0.717, 1.165) is 4.47 Å². The van der Waals surface area contributed by atoms with Crippen molar-refractivity contribution in [3.63, 3.8) is 0 Å². The fourth-order valence-electron chi connectivity index (χ4n) is 0.306.